The molecular formula is C17H21N5O2S. The highest BCUT2D eigenvalue weighted by Crippen LogP contribution is 2.37. The molecule has 1 aliphatic rings. The van der Waals surface area contributed by atoms with Gasteiger partial charge in [-0.2, -0.15) is 4.52 Å². The van der Waals surface area contributed by atoms with E-state index < -0.39 is 0 Å². The van der Waals surface area contributed by atoms with E-state index >= 15 is 0 Å². The van der Waals surface area contributed by atoms with Crippen LogP contribution in [0.2, 0.25) is 0 Å². The van der Waals surface area contributed by atoms with Crippen LogP contribution in [0.25, 0.3) is 15.9 Å². The molecule has 1 aliphatic carbocycles. The number of hydrogen-bond donors (Lipinski definition) is 2. The Hall–Kier alpha value is -2.06. The second-order valence-electron chi connectivity index (χ2n) is 6.48. The highest BCUT2D eigenvalue weighted by molar-refractivity contribution is 7.19. The highest BCUT2D eigenvalue weighted by Gasteiger charge is 2.24. The van der Waals surface area contributed by atoms with E-state index in [1.165, 1.54) is 23.3 Å². The largest absolute Gasteiger partial charge is 0.394 e. The average molecular weight is 359 g/mol. The molecule has 0 fully saturated rings. The van der Waals surface area contributed by atoms with Crippen molar-refractivity contribution < 1.29 is 9.90 Å². The van der Waals surface area contributed by atoms with Gasteiger partial charge in [-0.25, -0.2) is 9.97 Å². The maximum Gasteiger partial charge on any atom is 0.291 e. The first-order valence-electron chi connectivity index (χ1n) is 8.71. The van der Waals surface area contributed by atoms with Crippen molar-refractivity contribution in [2.45, 2.75) is 52.0 Å². The lowest BCUT2D eigenvalue weighted by molar-refractivity contribution is 0.0904. The number of amides is 1. The van der Waals surface area contributed by atoms with Crippen LogP contribution in [0.4, 0.5) is 0 Å². The number of aliphatic hydroxyl groups excluding tert-OH is 1. The summed E-state index contributed by atoms with van der Waals surface area (Å²) in [4.78, 5) is 24.0. The summed E-state index contributed by atoms with van der Waals surface area (Å²) in [6.45, 7) is 3.69. The van der Waals surface area contributed by atoms with Gasteiger partial charge in [0.05, 0.1) is 18.0 Å². The lowest BCUT2D eigenvalue weighted by Gasteiger charge is -2.11. The molecule has 3 aromatic heterocycles. The van der Waals surface area contributed by atoms with E-state index in [4.69, 9.17) is 0 Å². The second kappa shape index (κ2) is 6.34. The van der Waals surface area contributed by atoms with E-state index in [1.54, 1.807) is 15.9 Å². The predicted octanol–water partition coefficient (Wildman–Crippen LogP) is 2.03. The van der Waals surface area contributed by atoms with Crippen molar-refractivity contribution in [1.82, 2.24) is 24.9 Å². The van der Waals surface area contributed by atoms with Crippen LogP contribution >= 0.6 is 11.3 Å². The molecule has 3 heterocycles. The van der Waals surface area contributed by atoms with Crippen LogP contribution in [0.5, 0.6) is 0 Å². The number of carbonyl (C=O) groups excluding carboxylic acids is 1. The van der Waals surface area contributed by atoms with E-state index in [1.807, 2.05) is 13.8 Å². The Morgan fingerprint density at radius 3 is 2.92 bits per heavy atom. The zero-order chi connectivity index (χ0) is 17.6. The SMILES string of the molecule is CC[C@H](CO)NC(=O)c1nc2c3c4c(sc3nc(C)n2n1)CCCC4. The Bertz CT molecular complexity index is 957. The van der Waals surface area contributed by atoms with Gasteiger partial charge < -0.3 is 10.4 Å². The fraction of sp³-hybridized carbons (Fsp3) is 0.529. The van der Waals surface area contributed by atoms with Gasteiger partial charge in [0, 0.05) is 4.88 Å². The Morgan fingerprint density at radius 1 is 1.36 bits per heavy atom. The van der Waals surface area contributed by atoms with Crippen molar-refractivity contribution in [3.63, 3.8) is 0 Å². The van der Waals surface area contributed by atoms with Crippen molar-refractivity contribution in [1.29, 1.82) is 0 Å². The van der Waals surface area contributed by atoms with Crippen molar-refractivity contribution in [3.8, 4) is 0 Å². The van der Waals surface area contributed by atoms with Crippen LogP contribution in [0, 0.1) is 6.92 Å². The minimum atomic E-state index is -0.360. The van der Waals surface area contributed by atoms with E-state index in [0.717, 1.165) is 28.9 Å². The maximum absolute atomic E-state index is 12.4. The van der Waals surface area contributed by atoms with E-state index in [2.05, 4.69) is 20.4 Å². The van der Waals surface area contributed by atoms with E-state index in [0.29, 0.717) is 12.1 Å². The summed E-state index contributed by atoms with van der Waals surface area (Å²) < 4.78 is 1.67. The zero-order valence-corrected chi connectivity index (χ0v) is 15.2. The fourth-order valence-corrected chi connectivity index (χ4v) is 4.68. The number of hydrogen-bond acceptors (Lipinski definition) is 6. The van der Waals surface area contributed by atoms with Crippen LogP contribution in [0.1, 0.15) is 53.1 Å². The summed E-state index contributed by atoms with van der Waals surface area (Å²) in [6, 6.07) is -0.285. The van der Waals surface area contributed by atoms with Gasteiger partial charge in [-0.3, -0.25) is 4.79 Å². The van der Waals surface area contributed by atoms with Gasteiger partial charge in [0.15, 0.2) is 5.65 Å². The smallest absolute Gasteiger partial charge is 0.291 e. The molecule has 4 rings (SSSR count). The molecule has 0 spiro atoms. The molecule has 0 radical (unpaired) electrons. The fourth-order valence-electron chi connectivity index (χ4n) is 3.38. The van der Waals surface area contributed by atoms with Gasteiger partial charge >= 0.3 is 0 Å². The van der Waals surface area contributed by atoms with Crippen molar-refractivity contribution in [2.75, 3.05) is 6.61 Å². The molecule has 132 valence electrons. The predicted molar refractivity (Wildman–Crippen MR) is 96.2 cm³/mol. The number of aryl methyl sites for hydroxylation is 3. The van der Waals surface area contributed by atoms with Crippen LogP contribution < -0.4 is 5.32 Å². The van der Waals surface area contributed by atoms with Gasteiger partial charge in [-0.05, 0) is 44.6 Å². The lowest BCUT2D eigenvalue weighted by Crippen LogP contribution is -2.37. The zero-order valence-electron chi connectivity index (χ0n) is 14.4. The molecule has 0 bridgehead atoms. The number of nitrogens with one attached hydrogen (secondary N) is 1. The third kappa shape index (κ3) is 2.69. The molecule has 7 nitrogen and oxygen atoms in total. The molecule has 0 unspecified atom stereocenters. The summed E-state index contributed by atoms with van der Waals surface area (Å²) in [5.41, 5.74) is 2.04. The number of fused-ring (bicyclic) bond motifs is 5. The van der Waals surface area contributed by atoms with Gasteiger partial charge in [-0.1, -0.05) is 6.92 Å². The molecule has 0 saturated carbocycles. The van der Waals surface area contributed by atoms with Crippen LogP contribution in [-0.2, 0) is 12.8 Å². The Morgan fingerprint density at radius 2 is 2.16 bits per heavy atom. The molecule has 2 N–H and O–H groups in total. The van der Waals surface area contributed by atoms with Crippen molar-refractivity contribution in [3.05, 3.63) is 22.1 Å². The van der Waals surface area contributed by atoms with E-state index in [-0.39, 0.29) is 24.4 Å². The lowest BCUT2D eigenvalue weighted by atomic mass is 9.97. The van der Waals surface area contributed by atoms with E-state index in [9.17, 15) is 9.90 Å². The maximum atomic E-state index is 12.4. The number of nitrogens with zero attached hydrogens (tertiary/aromatic N) is 4. The summed E-state index contributed by atoms with van der Waals surface area (Å²) in [6.07, 6.45) is 5.17. The van der Waals surface area contributed by atoms with Gasteiger partial charge in [0.25, 0.3) is 5.91 Å². The number of aliphatic hydroxyl groups is 1. The minimum absolute atomic E-state index is 0.0987. The molecule has 0 saturated heterocycles. The number of thiophene rings is 1. The molecule has 0 aromatic carbocycles. The van der Waals surface area contributed by atoms with Crippen LogP contribution in [-0.4, -0.2) is 43.2 Å². The molecule has 0 aliphatic heterocycles. The van der Waals surface area contributed by atoms with Crippen molar-refractivity contribution >= 4 is 33.1 Å². The third-order valence-electron chi connectivity index (χ3n) is 4.80. The Kier molecular flexibility index (Phi) is 4.16. The average Bonchev–Trinajstić information content (AvgIpc) is 3.20. The normalized spacial score (nSPS) is 15.5. The first-order valence-corrected chi connectivity index (χ1v) is 9.53. The molecular weight excluding hydrogens is 338 g/mol. The van der Waals surface area contributed by atoms with Gasteiger partial charge in [-0.15, -0.1) is 16.4 Å². The standard InChI is InChI=1S/C17H21N5O2S/c1-3-10(8-23)19-16(24)14-20-15-13-11-6-4-5-7-12(11)25-17(13)18-9(2)22(15)21-14/h10,23H,3-8H2,1-2H3,(H,19,24)/t10-/m1/s1. The molecule has 1 amide bonds. The summed E-state index contributed by atoms with van der Waals surface area (Å²) in [5.74, 6) is 0.489. The summed E-state index contributed by atoms with van der Waals surface area (Å²) in [7, 11) is 0. The Balaban J connectivity index is 1.84. The minimum Gasteiger partial charge on any atom is -0.394 e. The number of rotatable bonds is 4. The second-order valence-corrected chi connectivity index (χ2v) is 7.57. The van der Waals surface area contributed by atoms with Crippen LogP contribution in [0.15, 0.2) is 0 Å². The number of aromatic nitrogens is 4. The summed E-state index contributed by atoms with van der Waals surface area (Å²) in [5, 5.41) is 17.5. The molecule has 8 heteroatoms. The first kappa shape index (κ1) is 16.4. The number of carbonyl (C=O) groups is 1. The first-order chi connectivity index (χ1) is 12.1. The quantitative estimate of drug-likeness (QED) is 0.743. The molecule has 1 atom stereocenters. The van der Waals surface area contributed by atoms with Crippen molar-refractivity contribution in [2.24, 2.45) is 0 Å². The molecule has 3 aromatic rings. The third-order valence-corrected chi connectivity index (χ3v) is 5.99. The van der Waals surface area contributed by atoms with Gasteiger partial charge in [0.1, 0.15) is 10.7 Å². The van der Waals surface area contributed by atoms with Crippen LogP contribution in [0.3, 0.4) is 0 Å². The summed E-state index contributed by atoms with van der Waals surface area (Å²) >= 11 is 1.74. The monoisotopic (exact) mass is 359 g/mol. The molecule has 25 heavy (non-hydrogen) atoms. The van der Waals surface area contributed by atoms with Gasteiger partial charge in [0.2, 0.25) is 5.82 Å². The highest BCUT2D eigenvalue weighted by atomic mass is 32.1. The topological polar surface area (TPSA) is 92.4 Å². The Labute approximate surface area is 149 Å².